The molecule has 0 saturated carbocycles. The van der Waals surface area contributed by atoms with Gasteiger partial charge in [0.2, 0.25) is 6.29 Å². The highest BCUT2D eigenvalue weighted by Crippen LogP contribution is 2.33. The third-order valence-corrected chi connectivity index (χ3v) is 5.82. The van der Waals surface area contributed by atoms with Gasteiger partial charge in [-0.3, -0.25) is 19.7 Å². The van der Waals surface area contributed by atoms with Gasteiger partial charge >= 0.3 is 5.97 Å². The highest BCUT2D eigenvalue weighted by Gasteiger charge is 2.51. The zero-order valence-corrected chi connectivity index (χ0v) is 19.1. The number of nitrogens with zero attached hydrogens (tertiary/aromatic N) is 1. The molecule has 15 heteroatoms. The highest BCUT2D eigenvalue weighted by molar-refractivity contribution is 7.86. The van der Waals surface area contributed by atoms with Crippen molar-refractivity contribution in [3.63, 3.8) is 0 Å². The molecular formula is C19H24N4O10S. The number of carboxylic acid groups (broad SMARTS) is 1. The van der Waals surface area contributed by atoms with Crippen LogP contribution in [0.15, 0.2) is 18.2 Å². The minimum Gasteiger partial charge on any atom is -0.479 e. The number of hydrogen-bond donors (Lipinski definition) is 6. The Kier molecular flexibility index (Phi) is 6.86. The highest BCUT2D eigenvalue weighted by atomic mass is 32.2. The van der Waals surface area contributed by atoms with Crippen LogP contribution < -0.4 is 15.8 Å². The van der Waals surface area contributed by atoms with E-state index in [1.807, 2.05) is 0 Å². The van der Waals surface area contributed by atoms with Crippen LogP contribution in [0.5, 0.6) is 5.75 Å². The van der Waals surface area contributed by atoms with Gasteiger partial charge in [0, 0.05) is 23.5 Å². The smallest absolute Gasteiger partial charge is 0.335 e. The van der Waals surface area contributed by atoms with Crippen molar-refractivity contribution >= 4 is 38.9 Å². The molecule has 0 spiro atoms. The van der Waals surface area contributed by atoms with Crippen LogP contribution in [0.3, 0.4) is 0 Å². The molecule has 0 bridgehead atoms. The summed E-state index contributed by atoms with van der Waals surface area (Å²) in [4.78, 5) is 23.8. The minimum atomic E-state index is -4.16. The van der Waals surface area contributed by atoms with Crippen molar-refractivity contribution in [3.8, 4) is 5.75 Å². The van der Waals surface area contributed by atoms with E-state index in [2.05, 4.69) is 5.32 Å². The Balaban J connectivity index is 2.00. The van der Waals surface area contributed by atoms with E-state index in [1.165, 1.54) is 12.1 Å². The standard InChI is InChI=1S/C19H24N4O10S/c1-7-8-6-10(16(26)22-19(20)21)23(2)9(8)4-5-11(7)31-18-15(33-34(3,29)30)13(25)12(24)14(32-18)17(27)28/h4-6,12-15,18,24-25H,1-3H3,(H,27,28)(H4,20,21,22,26)/t12-,13-,14-,15+,18+/m0/s1. The Bertz CT molecular complexity index is 1260. The van der Waals surface area contributed by atoms with Gasteiger partial charge in [-0.1, -0.05) is 0 Å². The van der Waals surface area contributed by atoms with E-state index in [-0.39, 0.29) is 11.4 Å². The summed E-state index contributed by atoms with van der Waals surface area (Å²) < 4.78 is 40.7. The Hall–Kier alpha value is -3.24. The number of guanidine groups is 1. The molecule has 2 heterocycles. The molecule has 14 nitrogen and oxygen atoms in total. The number of aliphatic hydroxyl groups excluding tert-OH is 2. The van der Waals surface area contributed by atoms with Gasteiger partial charge in [0.25, 0.3) is 16.0 Å². The molecule has 1 aliphatic rings. The Morgan fingerprint density at radius 1 is 1.26 bits per heavy atom. The van der Waals surface area contributed by atoms with Gasteiger partial charge in [0.1, 0.15) is 23.7 Å². The van der Waals surface area contributed by atoms with Gasteiger partial charge in [0.05, 0.1) is 6.26 Å². The minimum absolute atomic E-state index is 0.108. The first-order valence-corrected chi connectivity index (χ1v) is 11.6. The second kappa shape index (κ2) is 9.19. The van der Waals surface area contributed by atoms with Crippen LogP contribution in [0.1, 0.15) is 16.1 Å². The molecule has 0 unspecified atom stereocenters. The Labute approximate surface area is 193 Å². The van der Waals surface area contributed by atoms with Gasteiger partial charge in [-0.15, -0.1) is 0 Å². The van der Waals surface area contributed by atoms with E-state index in [9.17, 15) is 33.3 Å². The number of aliphatic carboxylic acids is 1. The second-order valence-electron chi connectivity index (χ2n) is 7.71. The zero-order chi connectivity index (χ0) is 25.5. The van der Waals surface area contributed by atoms with Crippen molar-refractivity contribution in [2.75, 3.05) is 6.26 Å². The maximum atomic E-state index is 12.3. The van der Waals surface area contributed by atoms with Crippen LogP contribution in [-0.2, 0) is 30.9 Å². The van der Waals surface area contributed by atoms with Gasteiger partial charge < -0.3 is 35.1 Å². The maximum Gasteiger partial charge on any atom is 0.335 e. The number of nitrogens with one attached hydrogen (secondary N) is 2. The predicted octanol–water partition coefficient (Wildman–Crippen LogP) is -1.64. The van der Waals surface area contributed by atoms with E-state index < -0.39 is 58.7 Å². The zero-order valence-electron chi connectivity index (χ0n) is 18.3. The van der Waals surface area contributed by atoms with Crippen LogP contribution in [0, 0.1) is 12.3 Å². The van der Waals surface area contributed by atoms with Gasteiger partial charge in [-0.2, -0.15) is 8.42 Å². The fourth-order valence-electron chi connectivity index (χ4n) is 3.63. The predicted molar refractivity (Wildman–Crippen MR) is 116 cm³/mol. The molecular weight excluding hydrogens is 476 g/mol. The summed E-state index contributed by atoms with van der Waals surface area (Å²) in [5.74, 6) is -2.64. The van der Waals surface area contributed by atoms with E-state index in [4.69, 9.17) is 24.8 Å². The summed E-state index contributed by atoms with van der Waals surface area (Å²) in [5, 5.41) is 39.6. The summed E-state index contributed by atoms with van der Waals surface area (Å²) in [7, 11) is -2.55. The Morgan fingerprint density at radius 3 is 2.47 bits per heavy atom. The molecule has 2 aromatic rings. The number of amides is 1. The maximum absolute atomic E-state index is 12.3. The fraction of sp³-hybridized carbons (Fsp3) is 0.421. The summed E-state index contributed by atoms with van der Waals surface area (Å²) in [6.45, 7) is 1.62. The lowest BCUT2D eigenvalue weighted by Crippen LogP contribution is -2.62. The summed E-state index contributed by atoms with van der Waals surface area (Å²) in [5.41, 5.74) is 6.46. The summed E-state index contributed by atoms with van der Waals surface area (Å²) >= 11 is 0. The molecule has 5 atom stereocenters. The fourth-order valence-corrected chi connectivity index (χ4v) is 4.24. The number of aryl methyl sites for hydroxylation is 2. The lowest BCUT2D eigenvalue weighted by atomic mass is 9.99. The molecule has 1 aromatic carbocycles. The van der Waals surface area contributed by atoms with Gasteiger partial charge in [-0.05, 0) is 25.1 Å². The number of benzene rings is 1. The molecule has 1 saturated heterocycles. The number of carbonyl (C=O) groups excluding carboxylic acids is 1. The van der Waals surface area contributed by atoms with Crippen molar-refractivity contribution in [2.24, 2.45) is 12.8 Å². The molecule has 3 rings (SSSR count). The lowest BCUT2D eigenvalue weighted by molar-refractivity contribution is -0.264. The van der Waals surface area contributed by atoms with Crippen molar-refractivity contribution in [2.45, 2.75) is 37.6 Å². The molecule has 0 radical (unpaired) electrons. The largest absolute Gasteiger partial charge is 0.479 e. The number of carbonyl (C=O) groups is 2. The van der Waals surface area contributed by atoms with Crippen molar-refractivity contribution in [1.29, 1.82) is 5.41 Å². The quantitative estimate of drug-likeness (QED) is 0.150. The van der Waals surface area contributed by atoms with Gasteiger partial charge in [0.15, 0.2) is 18.2 Å². The SMILES string of the molecule is Cc1c(O[C@@H]2O[C@H](C(=O)O)[C@@H](O)[C@H](O)[C@H]2OS(C)(=O)=O)ccc2c1cc(C(=O)NC(=N)N)n2C. The average molecular weight is 500 g/mol. The summed E-state index contributed by atoms with van der Waals surface area (Å²) in [6.07, 6.45) is -8.65. The van der Waals surface area contributed by atoms with Crippen molar-refractivity contribution in [1.82, 2.24) is 9.88 Å². The summed E-state index contributed by atoms with van der Waals surface area (Å²) in [6, 6.07) is 4.57. The van der Waals surface area contributed by atoms with Crippen molar-refractivity contribution in [3.05, 3.63) is 29.5 Å². The van der Waals surface area contributed by atoms with Crippen molar-refractivity contribution < 1.29 is 47.0 Å². The molecule has 34 heavy (non-hydrogen) atoms. The van der Waals surface area contributed by atoms with E-state index in [0.717, 1.165) is 0 Å². The molecule has 7 N–H and O–H groups in total. The average Bonchev–Trinajstić information content (AvgIpc) is 3.05. The van der Waals surface area contributed by atoms with E-state index in [1.54, 1.807) is 24.6 Å². The number of fused-ring (bicyclic) bond motifs is 1. The number of aromatic nitrogens is 1. The van der Waals surface area contributed by atoms with E-state index >= 15 is 0 Å². The molecule has 1 aliphatic heterocycles. The van der Waals surface area contributed by atoms with Crippen LogP contribution in [0.25, 0.3) is 10.9 Å². The number of hydrogen-bond acceptors (Lipinski definition) is 10. The van der Waals surface area contributed by atoms with Crippen LogP contribution >= 0.6 is 0 Å². The van der Waals surface area contributed by atoms with Crippen LogP contribution in [0.2, 0.25) is 0 Å². The van der Waals surface area contributed by atoms with E-state index in [0.29, 0.717) is 22.7 Å². The number of nitrogens with two attached hydrogens (primary N) is 1. The number of ether oxygens (including phenoxy) is 2. The third-order valence-electron chi connectivity index (χ3n) is 5.24. The molecule has 1 amide bonds. The lowest BCUT2D eigenvalue weighted by Gasteiger charge is -2.40. The number of rotatable bonds is 6. The number of carboxylic acids is 1. The molecule has 1 fully saturated rings. The molecule has 1 aromatic heterocycles. The third kappa shape index (κ3) is 4.97. The Morgan fingerprint density at radius 2 is 1.91 bits per heavy atom. The van der Waals surface area contributed by atoms with Gasteiger partial charge in [-0.25, -0.2) is 4.79 Å². The first kappa shape index (κ1) is 25.4. The monoisotopic (exact) mass is 500 g/mol. The first-order valence-electron chi connectivity index (χ1n) is 9.75. The first-order chi connectivity index (χ1) is 15.7. The van der Waals surface area contributed by atoms with Crippen LogP contribution in [-0.4, -0.2) is 83.1 Å². The van der Waals surface area contributed by atoms with Crippen LogP contribution in [0.4, 0.5) is 0 Å². The topological polar surface area (TPSA) is 223 Å². The normalized spacial score (nSPS) is 25.1. The molecule has 0 aliphatic carbocycles. The number of aliphatic hydroxyl groups is 2. The molecule has 186 valence electrons. The second-order valence-corrected chi connectivity index (χ2v) is 9.31.